The van der Waals surface area contributed by atoms with Gasteiger partial charge >= 0.3 is 0 Å². The highest BCUT2D eigenvalue weighted by Gasteiger charge is 2.45. The Balaban J connectivity index is 1.30. The lowest BCUT2D eigenvalue weighted by atomic mass is 9.54. The molecule has 148 valence electrons. The molecule has 0 aromatic carbocycles. The molecule has 4 saturated carbocycles. The molecule has 2 N–H and O–H groups in total. The molecule has 0 aromatic heterocycles. The van der Waals surface area contributed by atoms with Crippen molar-refractivity contribution in [3.8, 4) is 0 Å². The summed E-state index contributed by atoms with van der Waals surface area (Å²) in [6.07, 6.45) is 10.9. The summed E-state index contributed by atoms with van der Waals surface area (Å²) in [6, 6.07) is 0. The molecule has 0 unspecified atom stereocenters. The Hall–Kier alpha value is -1.62. The summed E-state index contributed by atoms with van der Waals surface area (Å²) in [6.45, 7) is 5.40. The Labute approximate surface area is 162 Å². The molecule has 0 atom stereocenters. The third-order valence-corrected chi connectivity index (χ3v) is 6.79. The number of ether oxygens (including phenoxy) is 1. The number of hydrogen-bond acceptors (Lipinski definition) is 3. The van der Waals surface area contributed by atoms with Crippen molar-refractivity contribution in [2.24, 2.45) is 23.7 Å². The standard InChI is InChI=1S/C22H32N2O3/c1-22(2,24-21(26)16-3-5-27-6-4-16)13-23-20(25)12-19-17-8-14-7-15(10-17)11-18(19)9-14/h3,12,14-15,17-18H,4-11,13H2,1-2H3,(H,23,25)(H,24,26). The quantitative estimate of drug-likeness (QED) is 0.729. The van der Waals surface area contributed by atoms with Crippen LogP contribution in [0.2, 0.25) is 0 Å². The molecule has 4 fully saturated rings. The molecule has 5 aliphatic rings. The Kier molecular flexibility index (Phi) is 5.15. The van der Waals surface area contributed by atoms with Gasteiger partial charge in [-0.25, -0.2) is 0 Å². The smallest absolute Gasteiger partial charge is 0.247 e. The Morgan fingerprint density at radius 3 is 2.41 bits per heavy atom. The van der Waals surface area contributed by atoms with Crippen LogP contribution in [0, 0.1) is 23.7 Å². The molecule has 0 saturated heterocycles. The fraction of sp³-hybridized carbons (Fsp3) is 0.727. The summed E-state index contributed by atoms with van der Waals surface area (Å²) in [5.41, 5.74) is 1.68. The van der Waals surface area contributed by atoms with Crippen molar-refractivity contribution in [1.29, 1.82) is 0 Å². The molecular formula is C22H32N2O3. The van der Waals surface area contributed by atoms with Gasteiger partial charge in [0.25, 0.3) is 0 Å². The van der Waals surface area contributed by atoms with E-state index in [4.69, 9.17) is 4.74 Å². The van der Waals surface area contributed by atoms with Crippen LogP contribution >= 0.6 is 0 Å². The molecule has 27 heavy (non-hydrogen) atoms. The fourth-order valence-electron chi connectivity index (χ4n) is 5.64. The number of rotatable bonds is 5. The van der Waals surface area contributed by atoms with Crippen molar-refractivity contribution in [3.05, 3.63) is 23.3 Å². The summed E-state index contributed by atoms with van der Waals surface area (Å²) in [5, 5.41) is 6.05. The monoisotopic (exact) mass is 372 g/mol. The van der Waals surface area contributed by atoms with Gasteiger partial charge in [-0.05, 0) is 69.6 Å². The molecular weight excluding hydrogens is 340 g/mol. The number of allylic oxidation sites excluding steroid dienone is 1. The summed E-state index contributed by atoms with van der Waals surface area (Å²) in [4.78, 5) is 24.9. The van der Waals surface area contributed by atoms with E-state index in [-0.39, 0.29) is 11.8 Å². The summed E-state index contributed by atoms with van der Waals surface area (Å²) in [7, 11) is 0. The van der Waals surface area contributed by atoms with Crippen molar-refractivity contribution in [3.63, 3.8) is 0 Å². The van der Waals surface area contributed by atoms with Gasteiger partial charge in [0, 0.05) is 24.6 Å². The van der Waals surface area contributed by atoms with Gasteiger partial charge in [-0.1, -0.05) is 11.6 Å². The average Bonchev–Trinajstić information content (AvgIpc) is 2.63. The first-order chi connectivity index (χ1) is 12.9. The van der Waals surface area contributed by atoms with Gasteiger partial charge in [0.1, 0.15) is 0 Å². The first kappa shape index (κ1) is 18.7. The van der Waals surface area contributed by atoms with E-state index in [0.29, 0.717) is 38.0 Å². The Bertz CT molecular complexity index is 647. The lowest BCUT2D eigenvalue weighted by Crippen LogP contribution is -2.52. The minimum Gasteiger partial charge on any atom is -0.377 e. The SMILES string of the molecule is CC(C)(CNC(=O)C=C1C2CC3CC(C2)CC1C3)NC(=O)C1=CCOCC1. The maximum absolute atomic E-state index is 12.5. The van der Waals surface area contributed by atoms with Crippen molar-refractivity contribution >= 4 is 11.8 Å². The summed E-state index contributed by atoms with van der Waals surface area (Å²) >= 11 is 0. The minimum absolute atomic E-state index is 0.00919. The molecule has 0 aromatic rings. The molecule has 4 aliphatic carbocycles. The number of hydrogen-bond donors (Lipinski definition) is 2. The zero-order valence-electron chi connectivity index (χ0n) is 16.6. The molecule has 0 radical (unpaired) electrons. The van der Waals surface area contributed by atoms with Crippen LogP contribution in [-0.4, -0.2) is 37.1 Å². The van der Waals surface area contributed by atoms with Gasteiger partial charge in [-0.2, -0.15) is 0 Å². The van der Waals surface area contributed by atoms with E-state index in [9.17, 15) is 9.59 Å². The van der Waals surface area contributed by atoms with E-state index < -0.39 is 5.54 Å². The molecule has 1 heterocycles. The highest BCUT2D eigenvalue weighted by molar-refractivity contribution is 5.94. The van der Waals surface area contributed by atoms with Crippen LogP contribution in [0.5, 0.6) is 0 Å². The van der Waals surface area contributed by atoms with Gasteiger partial charge in [0.05, 0.1) is 18.8 Å². The van der Waals surface area contributed by atoms with E-state index in [2.05, 4.69) is 10.6 Å². The zero-order chi connectivity index (χ0) is 19.0. The highest BCUT2D eigenvalue weighted by atomic mass is 16.5. The van der Waals surface area contributed by atoms with Crippen LogP contribution in [0.3, 0.4) is 0 Å². The number of carbonyl (C=O) groups excluding carboxylic acids is 2. The molecule has 5 nitrogen and oxygen atoms in total. The number of carbonyl (C=O) groups is 2. The normalized spacial score (nSPS) is 32.1. The minimum atomic E-state index is -0.492. The third-order valence-electron chi connectivity index (χ3n) is 6.79. The number of amides is 2. The van der Waals surface area contributed by atoms with Gasteiger partial charge in [0.2, 0.25) is 11.8 Å². The largest absolute Gasteiger partial charge is 0.377 e. The van der Waals surface area contributed by atoms with E-state index in [1.165, 1.54) is 37.7 Å². The average molecular weight is 373 g/mol. The van der Waals surface area contributed by atoms with Crippen LogP contribution in [-0.2, 0) is 14.3 Å². The Morgan fingerprint density at radius 2 is 1.81 bits per heavy atom. The van der Waals surface area contributed by atoms with Crippen LogP contribution in [0.4, 0.5) is 0 Å². The molecule has 0 spiro atoms. The van der Waals surface area contributed by atoms with Gasteiger partial charge in [-0.15, -0.1) is 0 Å². The second-order valence-electron chi connectivity index (χ2n) is 9.56. The lowest BCUT2D eigenvalue weighted by molar-refractivity contribution is -0.121. The van der Waals surface area contributed by atoms with Crippen LogP contribution in [0.1, 0.15) is 52.4 Å². The van der Waals surface area contributed by atoms with E-state index in [0.717, 1.165) is 17.4 Å². The topological polar surface area (TPSA) is 67.4 Å². The molecule has 4 bridgehead atoms. The van der Waals surface area contributed by atoms with Crippen molar-refractivity contribution in [1.82, 2.24) is 10.6 Å². The van der Waals surface area contributed by atoms with Crippen molar-refractivity contribution in [2.75, 3.05) is 19.8 Å². The molecule has 5 rings (SSSR count). The predicted molar refractivity (Wildman–Crippen MR) is 104 cm³/mol. The van der Waals surface area contributed by atoms with Crippen LogP contribution in [0.25, 0.3) is 0 Å². The maximum atomic E-state index is 12.5. The van der Waals surface area contributed by atoms with Crippen molar-refractivity contribution < 1.29 is 14.3 Å². The van der Waals surface area contributed by atoms with Crippen molar-refractivity contribution in [2.45, 2.75) is 57.9 Å². The third kappa shape index (κ3) is 4.29. The molecule has 1 aliphatic heterocycles. The van der Waals surface area contributed by atoms with Gasteiger partial charge < -0.3 is 15.4 Å². The first-order valence-corrected chi connectivity index (χ1v) is 10.5. The highest BCUT2D eigenvalue weighted by Crippen LogP contribution is 2.56. The lowest BCUT2D eigenvalue weighted by Gasteiger charge is -2.51. The molecule has 5 heteroatoms. The zero-order valence-corrected chi connectivity index (χ0v) is 16.6. The van der Waals surface area contributed by atoms with E-state index in [1.54, 1.807) is 0 Å². The van der Waals surface area contributed by atoms with E-state index >= 15 is 0 Å². The van der Waals surface area contributed by atoms with Crippen LogP contribution in [0.15, 0.2) is 23.3 Å². The molecule has 2 amide bonds. The van der Waals surface area contributed by atoms with E-state index in [1.807, 2.05) is 26.0 Å². The number of nitrogens with one attached hydrogen (secondary N) is 2. The first-order valence-electron chi connectivity index (χ1n) is 10.5. The van der Waals surface area contributed by atoms with Gasteiger partial charge in [0.15, 0.2) is 0 Å². The fourth-order valence-corrected chi connectivity index (χ4v) is 5.64. The van der Waals surface area contributed by atoms with Gasteiger partial charge in [-0.3, -0.25) is 9.59 Å². The maximum Gasteiger partial charge on any atom is 0.247 e. The van der Waals surface area contributed by atoms with Crippen LogP contribution < -0.4 is 10.6 Å². The second kappa shape index (κ2) is 7.42. The summed E-state index contributed by atoms with van der Waals surface area (Å²) < 4.78 is 5.25. The Morgan fingerprint density at radius 1 is 1.15 bits per heavy atom. The predicted octanol–water partition coefficient (Wildman–Crippen LogP) is 2.73. The second-order valence-corrected chi connectivity index (χ2v) is 9.56. The summed E-state index contributed by atoms with van der Waals surface area (Å²) in [5.74, 6) is 3.02.